The van der Waals surface area contributed by atoms with Crippen LogP contribution in [0.1, 0.15) is 17.3 Å². The molecular weight excluding hydrogens is 237 g/mol. The van der Waals surface area contributed by atoms with E-state index >= 15 is 0 Å². The van der Waals surface area contributed by atoms with Crippen molar-refractivity contribution in [2.75, 3.05) is 6.54 Å². The largest absolute Gasteiger partial charge is 0.416 e. The quantitative estimate of drug-likeness (QED) is 0.739. The molecule has 7 heteroatoms. The molecule has 0 bridgehead atoms. The molecule has 0 aliphatic carbocycles. The van der Waals surface area contributed by atoms with Crippen molar-refractivity contribution in [2.45, 2.75) is 12.3 Å². The SMILES string of the molecule is O=C1CNC(c2cccc(C(F)(F)F)c2)N1O. The normalized spacial score (nSPS) is 21.1. The minimum atomic E-state index is -4.45. The molecule has 1 heterocycles. The summed E-state index contributed by atoms with van der Waals surface area (Å²) in [6.45, 7) is -0.0998. The minimum absolute atomic E-state index is 0.0998. The van der Waals surface area contributed by atoms with E-state index in [1.807, 2.05) is 0 Å². The fourth-order valence-electron chi connectivity index (χ4n) is 1.64. The summed E-state index contributed by atoms with van der Waals surface area (Å²) < 4.78 is 37.4. The molecule has 1 aliphatic heterocycles. The lowest BCUT2D eigenvalue weighted by atomic mass is 10.1. The van der Waals surface area contributed by atoms with Crippen molar-refractivity contribution in [1.82, 2.24) is 10.4 Å². The maximum absolute atomic E-state index is 12.5. The lowest BCUT2D eigenvalue weighted by Crippen LogP contribution is -2.26. The van der Waals surface area contributed by atoms with Crippen LogP contribution in [0.25, 0.3) is 0 Å². The molecule has 4 nitrogen and oxygen atoms in total. The lowest BCUT2D eigenvalue weighted by Gasteiger charge is -2.18. The van der Waals surface area contributed by atoms with Crippen LogP contribution < -0.4 is 5.32 Å². The van der Waals surface area contributed by atoms with E-state index in [-0.39, 0.29) is 12.1 Å². The number of amides is 1. The topological polar surface area (TPSA) is 52.6 Å². The van der Waals surface area contributed by atoms with Crippen LogP contribution in [0.4, 0.5) is 13.2 Å². The number of carbonyl (C=O) groups is 1. The molecule has 0 saturated carbocycles. The summed E-state index contributed by atoms with van der Waals surface area (Å²) in [4.78, 5) is 11.0. The summed E-state index contributed by atoms with van der Waals surface area (Å²) in [6, 6.07) is 4.48. The summed E-state index contributed by atoms with van der Waals surface area (Å²) in [5, 5.41) is 12.4. The Morgan fingerprint density at radius 1 is 1.41 bits per heavy atom. The lowest BCUT2D eigenvalue weighted by molar-refractivity contribution is -0.165. The van der Waals surface area contributed by atoms with E-state index in [0.717, 1.165) is 12.1 Å². The molecule has 1 aromatic rings. The van der Waals surface area contributed by atoms with Gasteiger partial charge in [-0.15, -0.1) is 0 Å². The molecule has 2 rings (SSSR count). The first-order valence-corrected chi connectivity index (χ1v) is 4.81. The van der Waals surface area contributed by atoms with Gasteiger partial charge in [0.25, 0.3) is 5.91 Å². The van der Waals surface area contributed by atoms with E-state index in [1.165, 1.54) is 12.1 Å². The van der Waals surface area contributed by atoms with E-state index in [9.17, 15) is 23.2 Å². The highest BCUT2D eigenvalue weighted by Gasteiger charge is 2.34. The van der Waals surface area contributed by atoms with Crippen molar-refractivity contribution in [3.05, 3.63) is 35.4 Å². The molecule has 92 valence electrons. The smallest absolute Gasteiger partial charge is 0.284 e. The zero-order chi connectivity index (χ0) is 12.6. The number of alkyl halides is 3. The first kappa shape index (κ1) is 11.9. The predicted octanol–water partition coefficient (Wildman–Crippen LogP) is 1.53. The number of hydrogen-bond acceptors (Lipinski definition) is 3. The van der Waals surface area contributed by atoms with Gasteiger partial charge >= 0.3 is 6.18 Å². The molecular formula is C10H9F3N2O2. The van der Waals surface area contributed by atoms with Crippen LogP contribution in [0.5, 0.6) is 0 Å². The zero-order valence-electron chi connectivity index (χ0n) is 8.53. The standard InChI is InChI=1S/C10H9F3N2O2/c11-10(12,13)7-3-1-2-6(4-7)9-14-5-8(16)15(9)17/h1-4,9,14,17H,5H2. The van der Waals surface area contributed by atoms with E-state index < -0.39 is 23.8 Å². The molecule has 0 radical (unpaired) electrons. The van der Waals surface area contributed by atoms with Crippen LogP contribution in [-0.2, 0) is 11.0 Å². The van der Waals surface area contributed by atoms with Gasteiger partial charge in [0.05, 0.1) is 12.1 Å². The highest BCUT2D eigenvalue weighted by molar-refractivity contribution is 5.79. The van der Waals surface area contributed by atoms with Crippen LogP contribution >= 0.6 is 0 Å². The Morgan fingerprint density at radius 3 is 2.65 bits per heavy atom. The number of halogens is 3. The van der Waals surface area contributed by atoms with Crippen LogP contribution in [0.3, 0.4) is 0 Å². The Bertz CT molecular complexity index is 447. The third-order valence-corrected chi connectivity index (χ3v) is 2.48. The summed E-state index contributed by atoms with van der Waals surface area (Å²) in [6.07, 6.45) is -5.37. The average molecular weight is 246 g/mol. The molecule has 17 heavy (non-hydrogen) atoms. The minimum Gasteiger partial charge on any atom is -0.284 e. The van der Waals surface area contributed by atoms with Gasteiger partial charge in [-0.2, -0.15) is 13.2 Å². The van der Waals surface area contributed by atoms with Gasteiger partial charge in [0.1, 0.15) is 6.17 Å². The third-order valence-electron chi connectivity index (χ3n) is 2.48. The molecule has 1 fully saturated rings. The Hall–Kier alpha value is -1.60. The number of carbonyl (C=O) groups excluding carboxylic acids is 1. The monoisotopic (exact) mass is 246 g/mol. The van der Waals surface area contributed by atoms with E-state index in [0.29, 0.717) is 5.06 Å². The number of nitrogens with zero attached hydrogens (tertiary/aromatic N) is 1. The fraction of sp³-hybridized carbons (Fsp3) is 0.300. The van der Waals surface area contributed by atoms with Crippen molar-refractivity contribution in [3.8, 4) is 0 Å². The highest BCUT2D eigenvalue weighted by atomic mass is 19.4. The summed E-state index contributed by atoms with van der Waals surface area (Å²) >= 11 is 0. The van der Waals surface area contributed by atoms with Crippen molar-refractivity contribution in [2.24, 2.45) is 0 Å². The van der Waals surface area contributed by atoms with Crippen LogP contribution in [0.2, 0.25) is 0 Å². The van der Waals surface area contributed by atoms with Crippen molar-refractivity contribution >= 4 is 5.91 Å². The second kappa shape index (κ2) is 4.01. The van der Waals surface area contributed by atoms with Gasteiger partial charge in [0, 0.05) is 0 Å². The third kappa shape index (κ3) is 2.25. The molecule has 1 atom stereocenters. The molecule has 2 N–H and O–H groups in total. The first-order valence-electron chi connectivity index (χ1n) is 4.81. The van der Waals surface area contributed by atoms with Gasteiger partial charge in [-0.05, 0) is 17.7 Å². The predicted molar refractivity (Wildman–Crippen MR) is 50.8 cm³/mol. The van der Waals surface area contributed by atoms with Gasteiger partial charge < -0.3 is 0 Å². The van der Waals surface area contributed by atoms with Gasteiger partial charge in [-0.25, -0.2) is 5.06 Å². The van der Waals surface area contributed by atoms with Crippen molar-refractivity contribution < 1.29 is 23.2 Å². The van der Waals surface area contributed by atoms with Gasteiger partial charge in [-0.1, -0.05) is 12.1 Å². The highest BCUT2D eigenvalue weighted by Crippen LogP contribution is 2.31. The number of hydrogen-bond donors (Lipinski definition) is 2. The van der Waals surface area contributed by atoms with E-state index in [1.54, 1.807) is 0 Å². The van der Waals surface area contributed by atoms with Crippen LogP contribution in [0.15, 0.2) is 24.3 Å². The Kier molecular flexibility index (Phi) is 2.80. The Labute approximate surface area is 94.6 Å². The molecule has 1 unspecified atom stereocenters. The van der Waals surface area contributed by atoms with E-state index in [4.69, 9.17) is 0 Å². The second-order valence-electron chi connectivity index (χ2n) is 3.64. The van der Waals surface area contributed by atoms with E-state index in [2.05, 4.69) is 5.32 Å². The summed E-state index contributed by atoms with van der Waals surface area (Å²) in [5.74, 6) is -0.576. The van der Waals surface area contributed by atoms with Crippen LogP contribution in [0, 0.1) is 0 Å². The summed E-state index contributed by atoms with van der Waals surface area (Å²) in [5.41, 5.74) is -0.627. The number of benzene rings is 1. The number of hydroxylamine groups is 2. The second-order valence-corrected chi connectivity index (χ2v) is 3.64. The summed E-state index contributed by atoms with van der Waals surface area (Å²) in [7, 11) is 0. The molecule has 1 aliphatic rings. The average Bonchev–Trinajstić information content (AvgIpc) is 2.59. The molecule has 0 spiro atoms. The number of nitrogens with one attached hydrogen (secondary N) is 1. The maximum atomic E-state index is 12.5. The number of rotatable bonds is 1. The van der Waals surface area contributed by atoms with Crippen LogP contribution in [-0.4, -0.2) is 22.7 Å². The molecule has 1 saturated heterocycles. The Morgan fingerprint density at radius 2 is 2.12 bits per heavy atom. The van der Waals surface area contributed by atoms with Gasteiger partial charge in [0.15, 0.2) is 0 Å². The first-order chi connectivity index (χ1) is 7.89. The molecule has 1 aromatic carbocycles. The van der Waals surface area contributed by atoms with Gasteiger partial charge in [0.2, 0.25) is 0 Å². The maximum Gasteiger partial charge on any atom is 0.416 e. The van der Waals surface area contributed by atoms with Crippen molar-refractivity contribution in [1.29, 1.82) is 0 Å². The van der Waals surface area contributed by atoms with Gasteiger partial charge in [-0.3, -0.25) is 15.3 Å². The van der Waals surface area contributed by atoms with Crippen molar-refractivity contribution in [3.63, 3.8) is 0 Å². The molecule has 1 amide bonds. The zero-order valence-corrected chi connectivity index (χ0v) is 8.53. The fourth-order valence-corrected chi connectivity index (χ4v) is 1.64. The molecule has 0 aromatic heterocycles. The Balaban J connectivity index is 2.31.